The first-order chi connectivity index (χ1) is 1.41. The van der Waals surface area contributed by atoms with Crippen molar-refractivity contribution in [2.75, 3.05) is 0 Å². The first kappa shape index (κ1) is 17.8. The average Bonchev–Trinajstić information content (AvgIpc) is 0.918. The third kappa shape index (κ3) is 114. The van der Waals surface area contributed by atoms with Crippen molar-refractivity contribution < 1.29 is 41.4 Å². The molecule has 0 fully saturated rings. The molecule has 0 saturated heterocycles. The van der Waals surface area contributed by atoms with Crippen LogP contribution >= 0.6 is 0 Å². The topological polar surface area (TPSA) is 40.7 Å². The van der Waals surface area contributed by atoms with Crippen LogP contribution in [0.2, 0.25) is 0 Å². The zero-order valence-corrected chi connectivity index (χ0v) is 3.73. The molecule has 0 aromatic heterocycles. The van der Waals surface area contributed by atoms with Crippen LogP contribution in [-0.4, -0.2) is 5.48 Å². The van der Waals surface area contributed by atoms with Crippen molar-refractivity contribution in [1.29, 1.82) is 0 Å². The molecule has 2 N–H and O–H groups in total. The molecule has 0 saturated carbocycles. The van der Waals surface area contributed by atoms with Crippen LogP contribution in [0.25, 0.3) is 0 Å². The van der Waals surface area contributed by atoms with Crippen molar-refractivity contribution in [3.05, 3.63) is 0 Å². The summed E-state index contributed by atoms with van der Waals surface area (Å²) in [5.74, 6) is 0. The molecule has 5 heteroatoms. The normalized spacial score (nSPS) is 3.60. The summed E-state index contributed by atoms with van der Waals surface area (Å²) in [5.41, 5.74) is 0. The van der Waals surface area contributed by atoms with Gasteiger partial charge in [-0.25, -0.2) is 0 Å². The molecule has 0 atom stereocenters. The summed E-state index contributed by atoms with van der Waals surface area (Å²) in [4.78, 5) is 0. The molecule has 0 aromatic carbocycles. The zero-order valence-electron chi connectivity index (χ0n) is 2.16. The first-order valence-corrected chi connectivity index (χ1v) is 0.309. The quantitative estimate of drug-likeness (QED) is 0.413. The number of rotatable bonds is 0. The van der Waals surface area contributed by atoms with Crippen molar-refractivity contribution in [2.24, 2.45) is 0 Å². The molecule has 0 radical (unpaired) electrons. The van der Waals surface area contributed by atoms with E-state index in [2.05, 4.69) is 0 Å². The van der Waals surface area contributed by atoms with Crippen LogP contribution < -0.4 is 0 Å². The summed E-state index contributed by atoms with van der Waals surface area (Å²) < 4.78 is 18.2. The summed E-state index contributed by atoms with van der Waals surface area (Å²) in [6.45, 7) is 0. The van der Waals surface area contributed by atoms with Crippen molar-refractivity contribution in [2.45, 2.75) is 0 Å². The molecule has 5 heavy (non-hydrogen) atoms. The van der Waals surface area contributed by atoms with E-state index in [1.807, 2.05) is 0 Å². The molecule has 0 rings (SSSR count). The summed E-state index contributed by atoms with van der Waals surface area (Å²) in [6.07, 6.45) is 0. The largest absolute Gasteiger partial charge is 0.412 e. The monoisotopic (exact) mass is 120 g/mol. The summed E-state index contributed by atoms with van der Waals surface area (Å²) >= 11 is 0. The third-order valence-corrected chi connectivity index (χ3v) is 0. The smallest absolute Gasteiger partial charge is 0.0209 e. The number of hydrogen-bond acceptors (Lipinski definition) is 1. The number of hydrogen-bond donors (Lipinski definition) is 0. The van der Waals surface area contributed by atoms with Gasteiger partial charge < -0.3 is 5.48 Å². The maximum atomic E-state index is 9.12. The Kier molecular flexibility index (Phi) is 87.7. The molecular formula is H2F2O2Ti. The predicted molar refractivity (Wildman–Crippen MR) is 6.91 cm³/mol. The molecule has 0 bridgehead atoms. The third-order valence-electron chi connectivity index (χ3n) is 0. The Balaban J connectivity index is -0.0000000200. The van der Waals surface area contributed by atoms with E-state index in [4.69, 9.17) is 9.05 Å². The van der Waals surface area contributed by atoms with Gasteiger partial charge in [0.2, 0.25) is 0 Å². The second kappa shape index (κ2) is 24.6. The van der Waals surface area contributed by atoms with Gasteiger partial charge in [-0.15, -0.1) is 0 Å². The Morgan fingerprint density at radius 2 is 1.20 bits per heavy atom. The van der Waals surface area contributed by atoms with Crippen LogP contribution in [0.15, 0.2) is 0 Å². The van der Waals surface area contributed by atoms with Crippen molar-refractivity contribution in [3.8, 4) is 0 Å². The minimum Gasteiger partial charge on any atom is -0.412 e. The van der Waals surface area contributed by atoms with Gasteiger partial charge in [-0.2, -0.15) is 0 Å². The zero-order chi connectivity index (χ0) is 2.71. The van der Waals surface area contributed by atoms with Crippen LogP contribution in [0.3, 0.4) is 0 Å². The van der Waals surface area contributed by atoms with E-state index < -0.39 is 0 Å². The van der Waals surface area contributed by atoms with Gasteiger partial charge in [-0.1, -0.05) is 0 Å². The molecule has 2 nitrogen and oxygen atoms in total. The summed E-state index contributed by atoms with van der Waals surface area (Å²) in [7, 11) is 0. The maximum absolute atomic E-state index is 9.12. The van der Waals surface area contributed by atoms with E-state index in [1.165, 1.54) is 5.15 Å². The molecule has 0 unspecified atom stereocenters. The number of halogens is 2. The first-order valence-electron chi connectivity index (χ1n) is 0.309. The molecule has 0 aliphatic carbocycles. The standard InChI is InChI=1S/F2O.H2O.Ti/c1-3-2;;/h;1H2;. The Morgan fingerprint density at radius 3 is 1.20 bits per heavy atom. The van der Waals surface area contributed by atoms with Gasteiger partial charge in [0.25, 0.3) is 0 Å². The van der Waals surface area contributed by atoms with Gasteiger partial charge in [-0.3, -0.25) is 0 Å². The summed E-state index contributed by atoms with van der Waals surface area (Å²) in [6, 6.07) is 0. The molecule has 0 aliphatic rings. The summed E-state index contributed by atoms with van der Waals surface area (Å²) in [5, 5.41) is 1.25. The van der Waals surface area contributed by atoms with Crippen LogP contribution in [0, 0.1) is 0 Å². The maximum Gasteiger partial charge on any atom is 0.0209 e. The Bertz CT molecular complexity index is 7.61. The SMILES string of the molecule is FOF.O.[Ti]. The minimum absolute atomic E-state index is 0. The fourth-order valence-corrected chi connectivity index (χ4v) is 0. The Labute approximate surface area is 42.1 Å². The second-order valence-corrected chi connectivity index (χ2v) is 0.0583. The molecule has 0 amide bonds. The van der Waals surface area contributed by atoms with E-state index in [0.29, 0.717) is 0 Å². The Hall–Kier alpha value is 0.494. The average molecular weight is 120 g/mol. The van der Waals surface area contributed by atoms with Crippen molar-refractivity contribution >= 4 is 0 Å². The van der Waals surface area contributed by atoms with Gasteiger partial charge in [0.15, 0.2) is 0 Å². The van der Waals surface area contributed by atoms with Gasteiger partial charge in [0.05, 0.1) is 0 Å². The second-order valence-electron chi connectivity index (χ2n) is 0.0583. The van der Waals surface area contributed by atoms with Gasteiger partial charge in [-0.05, 0) is 9.05 Å². The molecule has 0 heterocycles. The molecule has 32 valence electrons. The molecular weight excluding hydrogens is 118 g/mol. The fraction of sp³-hybridized carbons (Fsp3) is 0. The van der Waals surface area contributed by atoms with Crippen molar-refractivity contribution in [3.63, 3.8) is 0 Å². The van der Waals surface area contributed by atoms with E-state index >= 15 is 0 Å². The van der Waals surface area contributed by atoms with Crippen LogP contribution in [-0.2, 0) is 26.9 Å². The van der Waals surface area contributed by atoms with Crippen molar-refractivity contribution in [1.82, 2.24) is 0 Å². The Morgan fingerprint density at radius 1 is 1.20 bits per heavy atom. The molecule has 0 aromatic rings. The van der Waals surface area contributed by atoms with E-state index in [0.717, 1.165) is 0 Å². The van der Waals surface area contributed by atoms with E-state index in [1.54, 1.807) is 0 Å². The van der Waals surface area contributed by atoms with Crippen LogP contribution in [0.4, 0.5) is 9.05 Å². The predicted octanol–water partition coefficient (Wildman–Crippen LogP) is -0.0552. The van der Waals surface area contributed by atoms with Gasteiger partial charge in [0.1, 0.15) is 0 Å². The van der Waals surface area contributed by atoms with Gasteiger partial charge >= 0.3 is 0 Å². The minimum atomic E-state index is 0. The molecule has 0 aliphatic heterocycles. The fourth-order valence-electron chi connectivity index (χ4n) is 0. The van der Waals surface area contributed by atoms with Gasteiger partial charge in [0, 0.05) is 26.9 Å². The van der Waals surface area contributed by atoms with Crippen LogP contribution in [0.1, 0.15) is 0 Å². The van der Waals surface area contributed by atoms with E-state index in [-0.39, 0.29) is 27.2 Å². The molecule has 0 spiro atoms. The van der Waals surface area contributed by atoms with E-state index in [9.17, 15) is 0 Å². The van der Waals surface area contributed by atoms with Crippen LogP contribution in [0.5, 0.6) is 0 Å².